The van der Waals surface area contributed by atoms with Gasteiger partial charge in [0.2, 0.25) is 0 Å². The van der Waals surface area contributed by atoms with E-state index in [1.807, 2.05) is 0 Å². The van der Waals surface area contributed by atoms with Gasteiger partial charge in [0.1, 0.15) is 11.6 Å². The summed E-state index contributed by atoms with van der Waals surface area (Å²) in [5, 5.41) is 0. The smallest absolute Gasteiger partial charge is 0.171 e. The summed E-state index contributed by atoms with van der Waals surface area (Å²) in [4.78, 5) is 12.3. The van der Waals surface area contributed by atoms with Crippen LogP contribution in [0.1, 0.15) is 15.9 Å². The van der Waals surface area contributed by atoms with Crippen LogP contribution in [-0.4, -0.2) is 12.9 Å². The molecule has 2 rings (SSSR count). The summed E-state index contributed by atoms with van der Waals surface area (Å²) >= 11 is 6.59. The number of ether oxygens (including phenoxy) is 1. The van der Waals surface area contributed by atoms with Gasteiger partial charge in [-0.25, -0.2) is 4.39 Å². The summed E-state index contributed by atoms with van der Waals surface area (Å²) in [6.45, 7) is 0. The molecular weight excluding hydrogens is 391 g/mol. The van der Waals surface area contributed by atoms with Crippen LogP contribution in [0.5, 0.6) is 5.75 Å². The number of Topliss-reactive ketones (excluding diaryl/α,β-unsaturated/α-hetero) is 1. The Morgan fingerprint density at radius 2 is 1.80 bits per heavy atom. The lowest BCUT2D eigenvalue weighted by molar-refractivity contribution is 0.0989. The van der Waals surface area contributed by atoms with Crippen LogP contribution in [0.25, 0.3) is 0 Å². The molecule has 0 heterocycles. The van der Waals surface area contributed by atoms with Crippen molar-refractivity contribution in [2.75, 3.05) is 7.11 Å². The summed E-state index contributed by atoms with van der Waals surface area (Å²) in [5.41, 5.74) is 0.796. The van der Waals surface area contributed by atoms with Gasteiger partial charge in [-0.15, -0.1) is 0 Å². The van der Waals surface area contributed by atoms with E-state index in [1.165, 1.54) is 13.2 Å². The number of ketones is 1. The van der Waals surface area contributed by atoms with Crippen LogP contribution in [0.15, 0.2) is 45.3 Å². The third-order valence-corrected chi connectivity index (χ3v) is 3.81. The van der Waals surface area contributed by atoms with Gasteiger partial charge in [-0.1, -0.05) is 31.9 Å². The minimum absolute atomic E-state index is 0.0106. The zero-order valence-electron chi connectivity index (χ0n) is 10.6. The van der Waals surface area contributed by atoms with E-state index in [0.29, 0.717) is 16.9 Å². The van der Waals surface area contributed by atoms with Gasteiger partial charge in [0.25, 0.3) is 0 Å². The Labute approximate surface area is 133 Å². The molecule has 5 heteroatoms. The molecule has 0 saturated heterocycles. The molecule has 0 bridgehead atoms. The Hall–Kier alpha value is -1.20. The molecule has 0 aliphatic heterocycles. The molecule has 2 nitrogen and oxygen atoms in total. The fourth-order valence-electron chi connectivity index (χ4n) is 1.84. The monoisotopic (exact) mass is 400 g/mol. The molecular formula is C15H11Br2FO2. The largest absolute Gasteiger partial charge is 0.496 e. The van der Waals surface area contributed by atoms with E-state index >= 15 is 0 Å². The Kier molecular flexibility index (Phi) is 4.94. The van der Waals surface area contributed by atoms with E-state index < -0.39 is 5.82 Å². The highest BCUT2D eigenvalue weighted by Gasteiger charge is 2.15. The predicted molar refractivity (Wildman–Crippen MR) is 82.8 cm³/mol. The highest BCUT2D eigenvalue weighted by atomic mass is 79.9. The zero-order valence-corrected chi connectivity index (χ0v) is 13.8. The summed E-state index contributed by atoms with van der Waals surface area (Å²) < 4.78 is 20.4. The van der Waals surface area contributed by atoms with E-state index in [9.17, 15) is 9.18 Å². The van der Waals surface area contributed by atoms with Crippen LogP contribution in [0, 0.1) is 5.82 Å². The number of methoxy groups -OCH3 is 1. The summed E-state index contributed by atoms with van der Waals surface area (Å²) in [7, 11) is 1.50. The van der Waals surface area contributed by atoms with E-state index in [4.69, 9.17) is 4.74 Å². The fraction of sp³-hybridized carbons (Fsp3) is 0.133. The Balaban J connectivity index is 2.30. The normalized spacial score (nSPS) is 10.4. The number of rotatable bonds is 4. The minimum atomic E-state index is -0.391. The maximum atomic E-state index is 13.7. The highest BCUT2D eigenvalue weighted by Crippen LogP contribution is 2.25. The summed E-state index contributed by atoms with van der Waals surface area (Å²) in [6.07, 6.45) is -0.0106. The van der Waals surface area contributed by atoms with Gasteiger partial charge in [0.15, 0.2) is 5.78 Å². The summed E-state index contributed by atoms with van der Waals surface area (Å²) in [5.74, 6) is -0.108. The average molecular weight is 402 g/mol. The van der Waals surface area contributed by atoms with Gasteiger partial charge in [0.05, 0.1) is 12.7 Å². The molecule has 0 aromatic heterocycles. The van der Waals surface area contributed by atoms with E-state index in [1.54, 1.807) is 30.3 Å². The lowest BCUT2D eigenvalue weighted by Gasteiger charge is -2.09. The number of carbonyl (C=O) groups is 1. The molecule has 0 unspecified atom stereocenters. The van der Waals surface area contributed by atoms with Crippen LogP contribution >= 0.6 is 31.9 Å². The van der Waals surface area contributed by atoms with Crippen molar-refractivity contribution in [3.8, 4) is 5.75 Å². The topological polar surface area (TPSA) is 26.3 Å². The van der Waals surface area contributed by atoms with Crippen molar-refractivity contribution in [3.63, 3.8) is 0 Å². The molecule has 104 valence electrons. The maximum Gasteiger partial charge on any atom is 0.171 e. The minimum Gasteiger partial charge on any atom is -0.496 e. The third kappa shape index (κ3) is 3.46. The number of hydrogen-bond donors (Lipinski definition) is 0. The number of halogens is 3. The van der Waals surface area contributed by atoms with Gasteiger partial charge in [-0.05, 0) is 42.0 Å². The Bertz CT molecular complexity index is 656. The van der Waals surface area contributed by atoms with Gasteiger partial charge in [-0.2, -0.15) is 0 Å². The van der Waals surface area contributed by atoms with Crippen molar-refractivity contribution in [1.82, 2.24) is 0 Å². The van der Waals surface area contributed by atoms with Gasteiger partial charge in [0, 0.05) is 15.4 Å². The third-order valence-electron chi connectivity index (χ3n) is 2.82. The maximum absolute atomic E-state index is 13.7. The van der Waals surface area contributed by atoms with Crippen molar-refractivity contribution in [3.05, 3.63) is 62.3 Å². The highest BCUT2D eigenvalue weighted by molar-refractivity contribution is 9.10. The average Bonchev–Trinajstić information content (AvgIpc) is 2.42. The Morgan fingerprint density at radius 3 is 2.50 bits per heavy atom. The lowest BCUT2D eigenvalue weighted by atomic mass is 10.0. The predicted octanol–water partition coefficient (Wildman–Crippen LogP) is 4.78. The van der Waals surface area contributed by atoms with Crippen molar-refractivity contribution in [1.29, 1.82) is 0 Å². The van der Waals surface area contributed by atoms with Crippen molar-refractivity contribution >= 4 is 37.6 Å². The first-order valence-corrected chi connectivity index (χ1v) is 7.40. The molecule has 0 atom stereocenters. The molecule has 0 aliphatic rings. The molecule has 0 amide bonds. The lowest BCUT2D eigenvalue weighted by Crippen LogP contribution is -2.07. The first-order valence-electron chi connectivity index (χ1n) is 5.82. The second-order valence-corrected chi connectivity index (χ2v) is 6.01. The zero-order chi connectivity index (χ0) is 14.7. The molecule has 0 aliphatic carbocycles. The van der Waals surface area contributed by atoms with Crippen LogP contribution in [0.2, 0.25) is 0 Å². The number of carbonyl (C=O) groups excluding carboxylic acids is 1. The second-order valence-electron chi connectivity index (χ2n) is 4.18. The molecule has 0 fully saturated rings. The fourth-order valence-corrected chi connectivity index (χ4v) is 2.59. The second kappa shape index (κ2) is 6.50. The first-order chi connectivity index (χ1) is 9.51. The van der Waals surface area contributed by atoms with Gasteiger partial charge >= 0.3 is 0 Å². The van der Waals surface area contributed by atoms with Crippen molar-refractivity contribution in [2.45, 2.75) is 6.42 Å². The molecule has 0 spiro atoms. The standard InChI is InChI=1S/C15H11Br2FO2/c1-20-15-8-11(17)2-4-12(15)14(19)7-9-6-10(16)3-5-13(9)18/h2-6,8H,7H2,1H3. The molecule has 2 aromatic rings. The Morgan fingerprint density at radius 1 is 1.15 bits per heavy atom. The van der Waals surface area contributed by atoms with E-state index in [-0.39, 0.29) is 12.2 Å². The first kappa shape index (κ1) is 15.2. The SMILES string of the molecule is COc1cc(Br)ccc1C(=O)Cc1cc(Br)ccc1F. The molecule has 20 heavy (non-hydrogen) atoms. The number of benzene rings is 2. The van der Waals surface area contributed by atoms with E-state index in [0.717, 1.165) is 8.95 Å². The van der Waals surface area contributed by atoms with Crippen LogP contribution in [0.4, 0.5) is 4.39 Å². The van der Waals surface area contributed by atoms with Crippen molar-refractivity contribution in [2.24, 2.45) is 0 Å². The van der Waals surface area contributed by atoms with Crippen LogP contribution in [0.3, 0.4) is 0 Å². The van der Waals surface area contributed by atoms with E-state index in [2.05, 4.69) is 31.9 Å². The van der Waals surface area contributed by atoms with Crippen molar-refractivity contribution < 1.29 is 13.9 Å². The van der Waals surface area contributed by atoms with Gasteiger partial charge < -0.3 is 4.74 Å². The molecule has 0 N–H and O–H groups in total. The van der Waals surface area contributed by atoms with Gasteiger partial charge in [-0.3, -0.25) is 4.79 Å². The van der Waals surface area contributed by atoms with Crippen LogP contribution in [-0.2, 0) is 6.42 Å². The summed E-state index contributed by atoms with van der Waals surface area (Å²) in [6, 6.07) is 9.69. The molecule has 2 aromatic carbocycles. The quantitative estimate of drug-likeness (QED) is 0.688. The number of hydrogen-bond acceptors (Lipinski definition) is 2. The molecule has 0 saturated carbocycles. The molecule has 0 radical (unpaired) electrons. The van der Waals surface area contributed by atoms with Crippen LogP contribution < -0.4 is 4.74 Å².